The highest BCUT2D eigenvalue weighted by atomic mass is 19.1. The van der Waals surface area contributed by atoms with Gasteiger partial charge in [-0.05, 0) is 67.3 Å². The molecule has 2 aromatic rings. The lowest BCUT2D eigenvalue weighted by molar-refractivity contribution is 0.0588. The zero-order valence-electron chi connectivity index (χ0n) is 19.0. The summed E-state index contributed by atoms with van der Waals surface area (Å²) in [5.74, 6) is 1.45. The standard InChI is InChI=1S/C28H35FN2O/c29-25-11-7-10-23(16-25)27-20-30(17-21-14-15-21)18-24(27)19-31(26-12-5-2-6-13-26)28(32)22-8-3-1-4-9-22/h1,3-4,7-11,16,21,24,26-27H,2,5-6,12-15,17-20H2. The fourth-order valence-electron chi connectivity index (χ4n) is 5.86. The molecule has 2 aliphatic carbocycles. The second kappa shape index (κ2) is 9.74. The fourth-order valence-corrected chi connectivity index (χ4v) is 5.86. The van der Waals surface area contributed by atoms with Crippen LogP contribution >= 0.6 is 0 Å². The maximum Gasteiger partial charge on any atom is 0.254 e. The molecule has 1 saturated heterocycles. The Labute approximate surface area is 191 Å². The van der Waals surface area contributed by atoms with Gasteiger partial charge in [0.15, 0.2) is 0 Å². The van der Waals surface area contributed by atoms with E-state index >= 15 is 0 Å². The molecule has 5 rings (SSSR count). The Bertz CT molecular complexity index is 907. The maximum atomic E-state index is 14.1. The van der Waals surface area contributed by atoms with Crippen LogP contribution in [0.5, 0.6) is 0 Å². The van der Waals surface area contributed by atoms with Gasteiger partial charge in [-0.25, -0.2) is 4.39 Å². The second-order valence-electron chi connectivity index (χ2n) is 10.2. The van der Waals surface area contributed by atoms with E-state index in [2.05, 4.69) is 15.9 Å². The Kier molecular flexibility index (Phi) is 6.59. The average molecular weight is 435 g/mol. The molecule has 3 nitrogen and oxygen atoms in total. The summed E-state index contributed by atoms with van der Waals surface area (Å²) in [5.41, 5.74) is 1.87. The lowest BCUT2D eigenvalue weighted by atomic mass is 9.86. The minimum atomic E-state index is -0.161. The van der Waals surface area contributed by atoms with Crippen LogP contribution in [0.25, 0.3) is 0 Å². The Balaban J connectivity index is 1.40. The van der Waals surface area contributed by atoms with E-state index in [1.165, 1.54) is 38.2 Å². The van der Waals surface area contributed by atoms with Crippen molar-refractivity contribution in [3.63, 3.8) is 0 Å². The molecule has 3 fully saturated rings. The molecule has 1 heterocycles. The summed E-state index contributed by atoms with van der Waals surface area (Å²) in [6.45, 7) is 3.89. The second-order valence-corrected chi connectivity index (χ2v) is 10.2. The van der Waals surface area contributed by atoms with Crippen molar-refractivity contribution < 1.29 is 9.18 Å². The summed E-state index contributed by atoms with van der Waals surface area (Å²) in [6.07, 6.45) is 8.56. The van der Waals surface area contributed by atoms with Crippen LogP contribution in [0.3, 0.4) is 0 Å². The molecule has 0 spiro atoms. The number of hydrogen-bond donors (Lipinski definition) is 0. The van der Waals surface area contributed by atoms with Gasteiger partial charge in [0.25, 0.3) is 5.91 Å². The molecule has 170 valence electrons. The third-order valence-corrected chi connectivity index (χ3v) is 7.74. The number of amides is 1. The molecule has 0 aromatic heterocycles. The number of hydrogen-bond acceptors (Lipinski definition) is 2. The lowest BCUT2D eigenvalue weighted by Crippen LogP contribution is -2.45. The molecule has 0 radical (unpaired) electrons. The van der Waals surface area contributed by atoms with Crippen LogP contribution in [0.15, 0.2) is 54.6 Å². The molecule has 2 saturated carbocycles. The van der Waals surface area contributed by atoms with Crippen molar-refractivity contribution >= 4 is 5.91 Å². The fraction of sp³-hybridized carbons (Fsp3) is 0.536. The summed E-state index contributed by atoms with van der Waals surface area (Å²) >= 11 is 0. The maximum absolute atomic E-state index is 14.1. The zero-order valence-corrected chi connectivity index (χ0v) is 19.0. The van der Waals surface area contributed by atoms with Crippen LogP contribution in [-0.4, -0.2) is 47.9 Å². The molecule has 4 heteroatoms. The Morgan fingerprint density at radius 2 is 1.72 bits per heavy atom. The van der Waals surface area contributed by atoms with Crippen molar-refractivity contribution in [2.75, 3.05) is 26.2 Å². The minimum absolute atomic E-state index is 0.161. The number of benzene rings is 2. The molecule has 1 aliphatic heterocycles. The highest BCUT2D eigenvalue weighted by Gasteiger charge is 2.39. The van der Waals surface area contributed by atoms with Gasteiger partial charge in [-0.3, -0.25) is 4.79 Å². The van der Waals surface area contributed by atoms with Gasteiger partial charge in [-0.1, -0.05) is 49.6 Å². The molecule has 0 N–H and O–H groups in total. The molecule has 2 unspecified atom stereocenters. The van der Waals surface area contributed by atoms with E-state index in [9.17, 15) is 9.18 Å². The summed E-state index contributed by atoms with van der Waals surface area (Å²) in [6, 6.07) is 17.2. The SMILES string of the molecule is O=C(c1ccccc1)N(CC1CN(CC2CC2)CC1c1cccc(F)c1)C1CCCCC1. The van der Waals surface area contributed by atoms with Crippen molar-refractivity contribution in [1.29, 1.82) is 0 Å². The monoisotopic (exact) mass is 434 g/mol. The van der Waals surface area contributed by atoms with Crippen molar-refractivity contribution in [3.05, 3.63) is 71.5 Å². The number of rotatable bonds is 7. The van der Waals surface area contributed by atoms with E-state index in [-0.39, 0.29) is 17.6 Å². The summed E-state index contributed by atoms with van der Waals surface area (Å²) in [7, 11) is 0. The van der Waals surface area contributed by atoms with Crippen molar-refractivity contribution in [2.24, 2.45) is 11.8 Å². The van der Waals surface area contributed by atoms with Crippen molar-refractivity contribution in [1.82, 2.24) is 9.80 Å². The van der Waals surface area contributed by atoms with Crippen LogP contribution in [0, 0.1) is 17.7 Å². The van der Waals surface area contributed by atoms with Gasteiger partial charge in [0, 0.05) is 43.7 Å². The van der Waals surface area contributed by atoms with Gasteiger partial charge in [0.2, 0.25) is 0 Å². The zero-order chi connectivity index (χ0) is 21.9. The molecule has 2 atom stereocenters. The van der Waals surface area contributed by atoms with Crippen molar-refractivity contribution in [3.8, 4) is 0 Å². The topological polar surface area (TPSA) is 23.6 Å². The molecular weight excluding hydrogens is 399 g/mol. The normalized spacial score (nSPS) is 24.5. The van der Waals surface area contributed by atoms with E-state index in [0.717, 1.165) is 56.1 Å². The molecule has 2 aromatic carbocycles. The van der Waals surface area contributed by atoms with Crippen LogP contribution < -0.4 is 0 Å². The first-order valence-corrected chi connectivity index (χ1v) is 12.5. The average Bonchev–Trinajstić information content (AvgIpc) is 3.55. The van der Waals surface area contributed by atoms with Crippen LogP contribution in [0.4, 0.5) is 4.39 Å². The van der Waals surface area contributed by atoms with Crippen LogP contribution in [0.2, 0.25) is 0 Å². The lowest BCUT2D eigenvalue weighted by Gasteiger charge is -2.37. The molecule has 1 amide bonds. The summed E-state index contributed by atoms with van der Waals surface area (Å²) < 4.78 is 14.1. The molecular formula is C28H35FN2O. The van der Waals surface area contributed by atoms with E-state index in [1.54, 1.807) is 6.07 Å². The minimum Gasteiger partial charge on any atom is -0.335 e. The van der Waals surface area contributed by atoms with E-state index in [0.29, 0.717) is 12.0 Å². The third-order valence-electron chi connectivity index (χ3n) is 7.74. The quantitative estimate of drug-likeness (QED) is 0.556. The van der Waals surface area contributed by atoms with Gasteiger partial charge < -0.3 is 9.80 Å². The Hall–Kier alpha value is -2.20. The third kappa shape index (κ3) is 5.06. The highest BCUT2D eigenvalue weighted by Crippen LogP contribution is 2.38. The van der Waals surface area contributed by atoms with Gasteiger partial charge in [0.05, 0.1) is 0 Å². The largest absolute Gasteiger partial charge is 0.335 e. The van der Waals surface area contributed by atoms with Gasteiger partial charge in [-0.15, -0.1) is 0 Å². The van der Waals surface area contributed by atoms with Gasteiger partial charge in [-0.2, -0.15) is 0 Å². The first-order chi connectivity index (χ1) is 15.7. The van der Waals surface area contributed by atoms with E-state index < -0.39 is 0 Å². The van der Waals surface area contributed by atoms with E-state index in [4.69, 9.17) is 0 Å². The Morgan fingerprint density at radius 1 is 0.938 bits per heavy atom. The van der Waals surface area contributed by atoms with Crippen LogP contribution in [-0.2, 0) is 0 Å². The molecule has 3 aliphatic rings. The van der Waals surface area contributed by atoms with Gasteiger partial charge >= 0.3 is 0 Å². The number of nitrogens with zero attached hydrogens (tertiary/aromatic N) is 2. The van der Waals surface area contributed by atoms with Crippen LogP contribution in [0.1, 0.15) is 66.8 Å². The smallest absolute Gasteiger partial charge is 0.254 e. The predicted octanol–water partition coefficient (Wildman–Crippen LogP) is 5.73. The summed E-state index contributed by atoms with van der Waals surface area (Å²) in [5, 5.41) is 0. The predicted molar refractivity (Wildman–Crippen MR) is 126 cm³/mol. The number of carbonyl (C=O) groups is 1. The Morgan fingerprint density at radius 3 is 2.44 bits per heavy atom. The number of halogens is 1. The van der Waals surface area contributed by atoms with Crippen molar-refractivity contribution in [2.45, 2.75) is 56.9 Å². The first kappa shape index (κ1) is 21.6. The number of likely N-dealkylation sites (tertiary alicyclic amines) is 1. The highest BCUT2D eigenvalue weighted by molar-refractivity contribution is 5.94. The molecule has 32 heavy (non-hydrogen) atoms. The molecule has 0 bridgehead atoms. The van der Waals surface area contributed by atoms with E-state index in [1.807, 2.05) is 36.4 Å². The summed E-state index contributed by atoms with van der Waals surface area (Å²) in [4.78, 5) is 18.4. The van der Waals surface area contributed by atoms with Gasteiger partial charge in [0.1, 0.15) is 5.82 Å². The first-order valence-electron chi connectivity index (χ1n) is 12.5. The number of carbonyl (C=O) groups excluding carboxylic acids is 1.